The molecule has 5 heteroatoms. The molecule has 3 rings (SSSR count). The van der Waals surface area contributed by atoms with Crippen LogP contribution in [0.3, 0.4) is 0 Å². The number of hydrogen-bond donors (Lipinski definition) is 1. The number of benzene rings is 2. The van der Waals surface area contributed by atoms with Gasteiger partial charge in [-0.05, 0) is 62.2 Å². The monoisotopic (exact) mass is 337 g/mol. The van der Waals surface area contributed by atoms with E-state index in [4.69, 9.17) is 0 Å². The minimum atomic E-state index is -0.244. The lowest BCUT2D eigenvalue weighted by molar-refractivity contribution is 0.0954. The molecule has 4 nitrogen and oxygen atoms in total. The summed E-state index contributed by atoms with van der Waals surface area (Å²) in [6.45, 7) is 4.32. The maximum atomic E-state index is 13.6. The van der Waals surface area contributed by atoms with Crippen LogP contribution in [0.2, 0.25) is 0 Å². The molecule has 1 amide bonds. The molecule has 0 saturated heterocycles. The van der Waals surface area contributed by atoms with Crippen LogP contribution in [-0.2, 0) is 6.42 Å². The molecule has 0 atom stereocenters. The Kier molecular flexibility index (Phi) is 4.93. The molecule has 25 heavy (non-hydrogen) atoms. The van der Waals surface area contributed by atoms with Crippen molar-refractivity contribution < 1.29 is 9.18 Å². The quantitative estimate of drug-likeness (QED) is 0.773. The Morgan fingerprint density at radius 1 is 1.12 bits per heavy atom. The molecule has 3 aromatic rings. The van der Waals surface area contributed by atoms with Crippen molar-refractivity contribution in [3.05, 3.63) is 82.9 Å². The van der Waals surface area contributed by atoms with Gasteiger partial charge in [-0.25, -0.2) is 9.07 Å². The van der Waals surface area contributed by atoms with Crippen molar-refractivity contribution in [3.8, 4) is 5.69 Å². The third-order valence-corrected chi connectivity index (χ3v) is 4.02. The molecule has 128 valence electrons. The van der Waals surface area contributed by atoms with E-state index in [2.05, 4.69) is 10.4 Å². The van der Waals surface area contributed by atoms with Crippen molar-refractivity contribution in [1.29, 1.82) is 0 Å². The van der Waals surface area contributed by atoms with Crippen molar-refractivity contribution in [2.24, 2.45) is 0 Å². The van der Waals surface area contributed by atoms with E-state index in [9.17, 15) is 9.18 Å². The van der Waals surface area contributed by atoms with E-state index in [-0.39, 0.29) is 11.7 Å². The Morgan fingerprint density at radius 2 is 1.84 bits per heavy atom. The van der Waals surface area contributed by atoms with E-state index in [1.807, 2.05) is 36.7 Å². The summed E-state index contributed by atoms with van der Waals surface area (Å²) >= 11 is 0. The number of halogens is 1. The topological polar surface area (TPSA) is 46.9 Å². The number of hydrogen-bond acceptors (Lipinski definition) is 2. The van der Waals surface area contributed by atoms with Crippen LogP contribution in [0.4, 0.5) is 4.39 Å². The van der Waals surface area contributed by atoms with Crippen LogP contribution in [0.25, 0.3) is 5.69 Å². The number of aromatic nitrogens is 2. The number of carbonyl (C=O) groups excluding carboxylic acids is 1. The number of nitrogens with one attached hydrogen (secondary N) is 1. The van der Waals surface area contributed by atoms with Crippen molar-refractivity contribution >= 4 is 5.91 Å². The highest BCUT2D eigenvalue weighted by atomic mass is 19.1. The van der Waals surface area contributed by atoms with Crippen LogP contribution >= 0.6 is 0 Å². The van der Waals surface area contributed by atoms with Gasteiger partial charge in [-0.2, -0.15) is 5.10 Å². The van der Waals surface area contributed by atoms with Crippen molar-refractivity contribution in [2.45, 2.75) is 20.3 Å². The summed E-state index contributed by atoms with van der Waals surface area (Å²) in [4.78, 5) is 12.2. The summed E-state index contributed by atoms with van der Waals surface area (Å²) in [6, 6.07) is 15.9. The first-order chi connectivity index (χ1) is 12.0. The summed E-state index contributed by atoms with van der Waals surface area (Å²) in [6.07, 6.45) is 0.461. The Bertz CT molecular complexity index is 884. The predicted molar refractivity (Wildman–Crippen MR) is 95.5 cm³/mol. The largest absolute Gasteiger partial charge is 0.352 e. The summed E-state index contributed by atoms with van der Waals surface area (Å²) in [5.41, 5.74) is 4.07. The second kappa shape index (κ2) is 7.30. The zero-order valence-corrected chi connectivity index (χ0v) is 14.3. The first-order valence-electron chi connectivity index (χ1n) is 8.20. The van der Waals surface area contributed by atoms with Gasteiger partial charge < -0.3 is 5.32 Å². The summed E-state index contributed by atoms with van der Waals surface area (Å²) in [5, 5.41) is 7.25. The normalized spacial score (nSPS) is 10.7. The average Bonchev–Trinajstić information content (AvgIpc) is 2.95. The molecule has 0 saturated carbocycles. The van der Waals surface area contributed by atoms with E-state index < -0.39 is 0 Å². The van der Waals surface area contributed by atoms with Crippen LogP contribution in [0, 0.1) is 19.7 Å². The number of amides is 1. The minimum Gasteiger partial charge on any atom is -0.352 e. The lowest BCUT2D eigenvalue weighted by Gasteiger charge is -2.08. The second-order valence-corrected chi connectivity index (χ2v) is 5.98. The maximum Gasteiger partial charge on any atom is 0.251 e. The van der Waals surface area contributed by atoms with Crippen LogP contribution in [0.5, 0.6) is 0 Å². The standard InChI is InChI=1S/C20H20FN3O/c1-14-13-15(2)24(23-14)18-9-7-17(8-10-18)20(25)22-12-11-16-5-3-4-6-19(16)21/h3-10,13H,11-12H2,1-2H3,(H,22,25). The van der Waals surface area contributed by atoms with Gasteiger partial charge in [-0.1, -0.05) is 18.2 Å². The fourth-order valence-electron chi connectivity index (χ4n) is 2.76. The van der Waals surface area contributed by atoms with E-state index >= 15 is 0 Å². The predicted octanol–water partition coefficient (Wildman–Crippen LogP) is 3.60. The van der Waals surface area contributed by atoms with E-state index in [0.29, 0.717) is 24.1 Å². The Balaban J connectivity index is 1.61. The van der Waals surface area contributed by atoms with Gasteiger partial charge in [0.1, 0.15) is 5.82 Å². The molecule has 0 aliphatic heterocycles. The Hall–Kier alpha value is -2.95. The zero-order valence-electron chi connectivity index (χ0n) is 14.3. The molecule has 1 aromatic heterocycles. The first-order valence-corrected chi connectivity index (χ1v) is 8.20. The van der Waals surface area contributed by atoms with Crippen molar-refractivity contribution in [2.75, 3.05) is 6.54 Å². The van der Waals surface area contributed by atoms with E-state index in [1.165, 1.54) is 6.07 Å². The van der Waals surface area contributed by atoms with Crippen LogP contribution in [-0.4, -0.2) is 22.2 Å². The molecule has 1 N–H and O–H groups in total. The molecule has 2 aromatic carbocycles. The third-order valence-electron chi connectivity index (χ3n) is 4.02. The SMILES string of the molecule is Cc1cc(C)n(-c2ccc(C(=O)NCCc3ccccc3F)cc2)n1. The zero-order chi connectivity index (χ0) is 17.8. The highest BCUT2D eigenvalue weighted by Gasteiger charge is 2.08. The average molecular weight is 337 g/mol. The molecule has 0 bridgehead atoms. The third kappa shape index (κ3) is 3.94. The van der Waals surface area contributed by atoms with Crippen molar-refractivity contribution in [3.63, 3.8) is 0 Å². The lowest BCUT2D eigenvalue weighted by Crippen LogP contribution is -2.25. The lowest BCUT2D eigenvalue weighted by atomic mass is 10.1. The molecule has 0 aliphatic carbocycles. The highest BCUT2D eigenvalue weighted by molar-refractivity contribution is 5.94. The van der Waals surface area contributed by atoms with Gasteiger partial charge in [0, 0.05) is 17.8 Å². The molecule has 1 heterocycles. The van der Waals surface area contributed by atoms with Gasteiger partial charge in [0.15, 0.2) is 0 Å². The summed E-state index contributed by atoms with van der Waals surface area (Å²) in [7, 11) is 0. The van der Waals surface area contributed by atoms with Gasteiger partial charge in [0.2, 0.25) is 0 Å². The number of rotatable bonds is 5. The number of nitrogens with zero attached hydrogens (tertiary/aromatic N) is 2. The number of aryl methyl sites for hydroxylation is 2. The molecule has 0 radical (unpaired) electrons. The van der Waals surface area contributed by atoms with Gasteiger partial charge in [0.05, 0.1) is 11.4 Å². The van der Waals surface area contributed by atoms with Gasteiger partial charge in [-0.15, -0.1) is 0 Å². The van der Waals surface area contributed by atoms with Crippen LogP contribution in [0.1, 0.15) is 27.3 Å². The van der Waals surface area contributed by atoms with Crippen LogP contribution < -0.4 is 5.32 Å². The Morgan fingerprint density at radius 3 is 2.48 bits per heavy atom. The maximum absolute atomic E-state index is 13.6. The first kappa shape index (κ1) is 16.9. The summed E-state index contributed by atoms with van der Waals surface area (Å²) < 4.78 is 15.4. The van der Waals surface area contributed by atoms with Gasteiger partial charge in [0.25, 0.3) is 5.91 Å². The van der Waals surface area contributed by atoms with Gasteiger partial charge in [-0.3, -0.25) is 4.79 Å². The molecule has 0 aliphatic rings. The smallest absolute Gasteiger partial charge is 0.251 e. The molecular formula is C20H20FN3O. The molecule has 0 fully saturated rings. The molecular weight excluding hydrogens is 317 g/mol. The van der Waals surface area contributed by atoms with E-state index in [0.717, 1.165) is 17.1 Å². The highest BCUT2D eigenvalue weighted by Crippen LogP contribution is 2.13. The Labute approximate surface area is 146 Å². The fourth-order valence-corrected chi connectivity index (χ4v) is 2.76. The van der Waals surface area contributed by atoms with Gasteiger partial charge >= 0.3 is 0 Å². The summed E-state index contributed by atoms with van der Waals surface area (Å²) in [5.74, 6) is -0.415. The minimum absolute atomic E-state index is 0.170. The molecule has 0 spiro atoms. The fraction of sp³-hybridized carbons (Fsp3) is 0.200. The van der Waals surface area contributed by atoms with E-state index in [1.54, 1.807) is 30.3 Å². The second-order valence-electron chi connectivity index (χ2n) is 5.98. The van der Waals surface area contributed by atoms with Crippen LogP contribution in [0.15, 0.2) is 54.6 Å². The number of carbonyl (C=O) groups is 1. The van der Waals surface area contributed by atoms with Crippen molar-refractivity contribution in [1.82, 2.24) is 15.1 Å². The molecule has 0 unspecified atom stereocenters.